The number of hydrogen-bond acceptors (Lipinski definition) is 3. The Balaban J connectivity index is 1.75. The van der Waals surface area contributed by atoms with E-state index in [4.69, 9.17) is 0 Å². The number of likely N-dealkylation sites (tertiary alicyclic amines) is 1. The van der Waals surface area contributed by atoms with E-state index in [-0.39, 0.29) is 5.56 Å². The van der Waals surface area contributed by atoms with Crippen LogP contribution in [0.3, 0.4) is 0 Å². The molecule has 1 aromatic carbocycles. The van der Waals surface area contributed by atoms with Crippen molar-refractivity contribution < 1.29 is 0 Å². The zero-order chi connectivity index (χ0) is 14.2. The van der Waals surface area contributed by atoms with Crippen molar-refractivity contribution in [1.82, 2.24) is 19.3 Å². The molecule has 1 aliphatic heterocycles. The summed E-state index contributed by atoms with van der Waals surface area (Å²) in [7, 11) is 0. The number of benzene rings is 1. The van der Waals surface area contributed by atoms with Crippen LogP contribution >= 0.6 is 0 Å². The lowest BCUT2D eigenvalue weighted by Gasteiger charge is -2.26. The van der Waals surface area contributed by atoms with E-state index in [1.54, 1.807) is 6.20 Å². The van der Waals surface area contributed by atoms with Crippen LogP contribution in [-0.4, -0.2) is 32.4 Å². The summed E-state index contributed by atoms with van der Waals surface area (Å²) in [5.41, 5.74) is 3.43. The Morgan fingerprint density at radius 1 is 1.19 bits per heavy atom. The fourth-order valence-corrected chi connectivity index (χ4v) is 3.21. The van der Waals surface area contributed by atoms with Gasteiger partial charge in [-0.05, 0) is 43.6 Å². The third kappa shape index (κ3) is 2.23. The molecule has 0 saturated carbocycles. The van der Waals surface area contributed by atoms with Crippen LogP contribution in [0.5, 0.6) is 0 Å². The minimum Gasteiger partial charge on any atom is -0.317 e. The van der Waals surface area contributed by atoms with Crippen LogP contribution in [0.15, 0.2) is 35.4 Å². The van der Waals surface area contributed by atoms with Crippen LogP contribution in [-0.2, 0) is 6.54 Å². The topological polar surface area (TPSA) is 53.4 Å². The molecule has 1 aliphatic rings. The Labute approximate surface area is 122 Å². The van der Waals surface area contributed by atoms with Gasteiger partial charge in [0.1, 0.15) is 0 Å². The Morgan fingerprint density at radius 3 is 2.90 bits per heavy atom. The standard InChI is InChI=1S/C16H18N4O/c21-16-15-17-6-9-20(15)14-5-4-12(10-13(14)18-16)11-19-7-2-1-3-8-19/h4-6,9-10H,1-3,7-8,11H2,(H,18,21). The van der Waals surface area contributed by atoms with Gasteiger partial charge in [0.15, 0.2) is 0 Å². The molecule has 2 aromatic heterocycles. The van der Waals surface area contributed by atoms with Crippen molar-refractivity contribution in [2.75, 3.05) is 13.1 Å². The normalized spacial score (nSPS) is 16.8. The molecule has 0 radical (unpaired) electrons. The fraction of sp³-hybridized carbons (Fsp3) is 0.375. The molecule has 5 nitrogen and oxygen atoms in total. The number of piperidine rings is 1. The highest BCUT2D eigenvalue weighted by Crippen LogP contribution is 2.17. The van der Waals surface area contributed by atoms with Gasteiger partial charge in [0.25, 0.3) is 5.56 Å². The number of nitrogens with zero attached hydrogens (tertiary/aromatic N) is 3. The molecule has 3 aromatic rings. The molecule has 4 rings (SSSR count). The maximum Gasteiger partial charge on any atom is 0.292 e. The predicted octanol–water partition coefficient (Wildman–Crippen LogP) is 2.16. The maximum absolute atomic E-state index is 12.0. The highest BCUT2D eigenvalue weighted by Gasteiger charge is 2.11. The van der Waals surface area contributed by atoms with Crippen LogP contribution in [0.2, 0.25) is 0 Å². The smallest absolute Gasteiger partial charge is 0.292 e. The lowest BCUT2D eigenvalue weighted by molar-refractivity contribution is 0.221. The molecule has 3 heterocycles. The van der Waals surface area contributed by atoms with Crippen molar-refractivity contribution >= 4 is 16.7 Å². The molecular weight excluding hydrogens is 264 g/mol. The van der Waals surface area contributed by atoms with E-state index < -0.39 is 0 Å². The largest absolute Gasteiger partial charge is 0.317 e. The van der Waals surface area contributed by atoms with Crippen molar-refractivity contribution in [1.29, 1.82) is 0 Å². The first-order chi connectivity index (χ1) is 10.3. The summed E-state index contributed by atoms with van der Waals surface area (Å²) in [5, 5.41) is 0. The minimum absolute atomic E-state index is 0.136. The maximum atomic E-state index is 12.0. The molecule has 1 N–H and O–H groups in total. The molecule has 0 amide bonds. The molecule has 1 saturated heterocycles. The number of aromatic nitrogens is 3. The van der Waals surface area contributed by atoms with Crippen molar-refractivity contribution in [2.45, 2.75) is 25.8 Å². The van der Waals surface area contributed by atoms with Gasteiger partial charge >= 0.3 is 0 Å². The van der Waals surface area contributed by atoms with Crippen LogP contribution in [0.4, 0.5) is 0 Å². The Kier molecular flexibility index (Phi) is 3.00. The van der Waals surface area contributed by atoms with E-state index in [1.807, 2.05) is 10.6 Å². The van der Waals surface area contributed by atoms with E-state index in [0.717, 1.165) is 17.6 Å². The second kappa shape index (κ2) is 5.00. The molecule has 0 aliphatic carbocycles. The van der Waals surface area contributed by atoms with Gasteiger partial charge in [0.05, 0.1) is 11.0 Å². The molecule has 0 bridgehead atoms. The van der Waals surface area contributed by atoms with Gasteiger partial charge in [-0.25, -0.2) is 4.98 Å². The highest BCUT2D eigenvalue weighted by molar-refractivity contribution is 5.78. The first-order valence-corrected chi connectivity index (χ1v) is 7.51. The van der Waals surface area contributed by atoms with E-state index >= 15 is 0 Å². The number of aromatic amines is 1. The van der Waals surface area contributed by atoms with E-state index in [1.165, 1.54) is 37.9 Å². The SMILES string of the molecule is O=c1[nH]c2cc(CN3CCCCC3)ccc2n2ccnc12. The van der Waals surface area contributed by atoms with Gasteiger partial charge in [-0.3, -0.25) is 14.1 Å². The summed E-state index contributed by atoms with van der Waals surface area (Å²) in [6.45, 7) is 3.31. The molecule has 5 heteroatoms. The third-order valence-corrected chi connectivity index (χ3v) is 4.27. The fourth-order valence-electron chi connectivity index (χ4n) is 3.21. The quantitative estimate of drug-likeness (QED) is 0.783. The van der Waals surface area contributed by atoms with Crippen LogP contribution in [0.25, 0.3) is 16.7 Å². The van der Waals surface area contributed by atoms with Crippen molar-refractivity contribution in [2.24, 2.45) is 0 Å². The summed E-state index contributed by atoms with van der Waals surface area (Å²) in [5.74, 6) is 0. The molecule has 1 fully saturated rings. The van der Waals surface area contributed by atoms with Gasteiger partial charge in [-0.1, -0.05) is 12.5 Å². The number of H-pyrrole nitrogens is 1. The Hall–Kier alpha value is -2.14. The predicted molar refractivity (Wildman–Crippen MR) is 82.4 cm³/mol. The van der Waals surface area contributed by atoms with Gasteiger partial charge in [0.2, 0.25) is 5.65 Å². The average Bonchev–Trinajstić information content (AvgIpc) is 2.98. The van der Waals surface area contributed by atoms with Crippen molar-refractivity contribution in [3.05, 3.63) is 46.5 Å². The van der Waals surface area contributed by atoms with Gasteiger partial charge < -0.3 is 4.98 Å². The van der Waals surface area contributed by atoms with E-state index in [9.17, 15) is 4.79 Å². The number of imidazole rings is 1. The van der Waals surface area contributed by atoms with Crippen LogP contribution < -0.4 is 5.56 Å². The van der Waals surface area contributed by atoms with Crippen LogP contribution in [0, 0.1) is 0 Å². The molecule has 21 heavy (non-hydrogen) atoms. The zero-order valence-electron chi connectivity index (χ0n) is 11.9. The van der Waals surface area contributed by atoms with Crippen molar-refractivity contribution in [3.63, 3.8) is 0 Å². The average molecular weight is 282 g/mol. The molecule has 0 spiro atoms. The number of nitrogens with one attached hydrogen (secondary N) is 1. The van der Waals surface area contributed by atoms with Gasteiger partial charge in [-0.15, -0.1) is 0 Å². The second-order valence-electron chi connectivity index (χ2n) is 5.76. The monoisotopic (exact) mass is 282 g/mol. The first-order valence-electron chi connectivity index (χ1n) is 7.51. The Morgan fingerprint density at radius 2 is 2.05 bits per heavy atom. The summed E-state index contributed by atoms with van der Waals surface area (Å²) >= 11 is 0. The molecule has 0 unspecified atom stereocenters. The molecule has 0 atom stereocenters. The van der Waals surface area contributed by atoms with Crippen molar-refractivity contribution in [3.8, 4) is 0 Å². The zero-order valence-corrected chi connectivity index (χ0v) is 11.9. The van der Waals surface area contributed by atoms with Gasteiger partial charge in [0, 0.05) is 18.9 Å². The summed E-state index contributed by atoms with van der Waals surface area (Å²) < 4.78 is 1.85. The Bertz CT molecular complexity index is 842. The summed E-state index contributed by atoms with van der Waals surface area (Å²) in [4.78, 5) is 21.5. The van der Waals surface area contributed by atoms with Gasteiger partial charge in [-0.2, -0.15) is 0 Å². The number of rotatable bonds is 2. The third-order valence-electron chi connectivity index (χ3n) is 4.27. The number of fused-ring (bicyclic) bond motifs is 3. The molecule has 108 valence electrons. The number of hydrogen-bond donors (Lipinski definition) is 1. The minimum atomic E-state index is -0.136. The lowest BCUT2D eigenvalue weighted by atomic mass is 10.1. The lowest BCUT2D eigenvalue weighted by Crippen LogP contribution is -2.29. The summed E-state index contributed by atoms with van der Waals surface area (Å²) in [6, 6.07) is 6.30. The molecular formula is C16H18N4O. The van der Waals surface area contributed by atoms with E-state index in [2.05, 4.69) is 33.1 Å². The van der Waals surface area contributed by atoms with E-state index in [0.29, 0.717) is 5.65 Å². The first kappa shape index (κ1) is 12.6. The van der Waals surface area contributed by atoms with Crippen LogP contribution in [0.1, 0.15) is 24.8 Å². The summed E-state index contributed by atoms with van der Waals surface area (Å²) in [6.07, 6.45) is 7.42. The highest BCUT2D eigenvalue weighted by atomic mass is 16.1. The second-order valence-corrected chi connectivity index (χ2v) is 5.76.